The van der Waals surface area contributed by atoms with Gasteiger partial charge in [-0.15, -0.1) is 6.58 Å². The van der Waals surface area contributed by atoms with Gasteiger partial charge in [0.25, 0.3) is 0 Å². The lowest BCUT2D eigenvalue weighted by molar-refractivity contribution is -0.157. The molecule has 2 rings (SSSR count). The maximum Gasteiger partial charge on any atom is 0.250 e. The second-order valence-corrected chi connectivity index (χ2v) is 13.3. The highest BCUT2D eigenvalue weighted by atomic mass is 28.4. The van der Waals surface area contributed by atoms with Crippen molar-refractivity contribution in [2.75, 3.05) is 0 Å². The minimum Gasteiger partial charge on any atom is -0.546 e. The van der Waals surface area contributed by atoms with Gasteiger partial charge in [-0.05, 0) is 30.6 Å². The van der Waals surface area contributed by atoms with Crippen LogP contribution in [-0.4, -0.2) is 14.1 Å². The summed E-state index contributed by atoms with van der Waals surface area (Å²) in [5.74, 6) is 1.46. The predicted octanol–water partition coefficient (Wildman–Crippen LogP) is 5.08. The minimum absolute atomic E-state index is 0.0480. The number of fused-ring (bicyclic) bond motifs is 1. The van der Waals surface area contributed by atoms with Crippen molar-refractivity contribution in [1.29, 1.82) is 0 Å². The van der Waals surface area contributed by atoms with Gasteiger partial charge in [0, 0.05) is 17.8 Å². The van der Waals surface area contributed by atoms with Gasteiger partial charge >= 0.3 is 0 Å². The van der Waals surface area contributed by atoms with Gasteiger partial charge in [0.1, 0.15) is 0 Å². The Kier molecular flexibility index (Phi) is 3.42. The number of hydrogen-bond acceptors (Lipinski definition) is 2. The van der Waals surface area contributed by atoms with Crippen molar-refractivity contribution in [3.8, 4) is 0 Å². The van der Waals surface area contributed by atoms with E-state index in [0.29, 0.717) is 5.78 Å². The van der Waals surface area contributed by atoms with E-state index in [0.717, 1.165) is 17.8 Å². The van der Waals surface area contributed by atoms with Crippen LogP contribution < -0.4 is 0 Å². The topological polar surface area (TPSA) is 26.3 Å². The van der Waals surface area contributed by atoms with Crippen molar-refractivity contribution < 1.29 is 9.22 Å². The molecule has 1 saturated carbocycles. The van der Waals surface area contributed by atoms with Gasteiger partial charge in [0.05, 0.1) is 11.2 Å². The summed E-state index contributed by atoms with van der Waals surface area (Å²) in [5.41, 5.74) is 0.575. The smallest absolute Gasteiger partial charge is 0.250 e. The van der Waals surface area contributed by atoms with E-state index in [1.807, 2.05) is 13.0 Å². The third-order valence-electron chi connectivity index (χ3n) is 6.67. The van der Waals surface area contributed by atoms with Gasteiger partial charge in [0.15, 0.2) is 5.78 Å². The molecule has 0 spiro atoms. The van der Waals surface area contributed by atoms with Crippen LogP contribution in [0.5, 0.6) is 0 Å². The molecule has 0 bridgehead atoms. The van der Waals surface area contributed by atoms with Crippen molar-refractivity contribution in [3.05, 3.63) is 24.0 Å². The zero-order valence-electron chi connectivity index (χ0n) is 14.9. The highest BCUT2D eigenvalue weighted by Gasteiger charge is 2.71. The summed E-state index contributed by atoms with van der Waals surface area (Å²) in [6.45, 7) is 21.6. The Hall–Kier alpha value is -0.833. The number of carbonyl (C=O) groups excluding carboxylic acids is 1. The van der Waals surface area contributed by atoms with Crippen LogP contribution in [0.1, 0.15) is 48.0 Å². The number of carbonyl (C=O) groups is 1. The second-order valence-electron chi connectivity index (χ2n) is 8.60. The summed E-state index contributed by atoms with van der Waals surface area (Å²) < 4.78 is 6.56. The fraction of sp³-hybridized carbons (Fsp3) is 0.722. The largest absolute Gasteiger partial charge is 0.546 e. The zero-order chi connectivity index (χ0) is 16.4. The average Bonchev–Trinajstić information content (AvgIpc) is 2.54. The molecule has 3 atom stereocenters. The lowest BCUT2D eigenvalue weighted by Gasteiger charge is -2.56. The molecule has 0 aliphatic heterocycles. The van der Waals surface area contributed by atoms with Crippen LogP contribution in [-0.2, 0) is 9.22 Å². The molecule has 0 aromatic carbocycles. The van der Waals surface area contributed by atoms with E-state index < -0.39 is 13.7 Å². The molecule has 2 aliphatic rings. The van der Waals surface area contributed by atoms with Crippen molar-refractivity contribution in [2.24, 2.45) is 16.7 Å². The van der Waals surface area contributed by atoms with E-state index in [9.17, 15) is 4.79 Å². The molecule has 0 aromatic rings. The molecule has 0 radical (unpaired) electrons. The zero-order valence-corrected chi connectivity index (χ0v) is 15.9. The van der Waals surface area contributed by atoms with Gasteiger partial charge in [-0.1, -0.05) is 40.7 Å². The molecule has 118 valence electrons. The lowest BCUT2D eigenvalue weighted by atomic mass is 9.44. The summed E-state index contributed by atoms with van der Waals surface area (Å²) in [6, 6.07) is 0. The van der Waals surface area contributed by atoms with E-state index in [1.54, 1.807) is 0 Å². The van der Waals surface area contributed by atoms with Crippen molar-refractivity contribution >= 4 is 14.1 Å². The maximum absolute atomic E-state index is 12.6. The molecule has 0 N–H and O–H groups in total. The predicted molar refractivity (Wildman–Crippen MR) is 90.5 cm³/mol. The van der Waals surface area contributed by atoms with E-state index in [4.69, 9.17) is 4.43 Å². The van der Waals surface area contributed by atoms with Gasteiger partial charge < -0.3 is 4.43 Å². The summed E-state index contributed by atoms with van der Waals surface area (Å²) in [6.07, 6.45) is 2.73. The van der Waals surface area contributed by atoms with Gasteiger partial charge in [-0.2, -0.15) is 0 Å². The SMILES string of the molecule is C=C[C@@]12C(=O)[C@@H](C)[C@]1(C)CC(O[Si](C)(C)C(C)(C)C)=C2C. The number of hydrogen-bond donors (Lipinski definition) is 0. The highest BCUT2D eigenvalue weighted by molar-refractivity contribution is 6.74. The third kappa shape index (κ3) is 1.79. The Bertz CT molecular complexity index is 538. The molecular weight excluding hydrogens is 276 g/mol. The number of allylic oxidation sites excluding steroid dienone is 3. The van der Waals surface area contributed by atoms with E-state index in [1.165, 1.54) is 0 Å². The molecule has 0 amide bonds. The summed E-state index contributed by atoms with van der Waals surface area (Å²) in [4.78, 5) is 12.6. The van der Waals surface area contributed by atoms with E-state index in [2.05, 4.69) is 54.3 Å². The molecule has 0 heterocycles. The van der Waals surface area contributed by atoms with Gasteiger partial charge in [-0.25, -0.2) is 0 Å². The van der Waals surface area contributed by atoms with Crippen molar-refractivity contribution in [2.45, 2.75) is 66.1 Å². The normalized spacial score (nSPS) is 36.4. The van der Waals surface area contributed by atoms with E-state index >= 15 is 0 Å². The Morgan fingerprint density at radius 2 is 1.90 bits per heavy atom. The molecule has 2 nitrogen and oxygen atoms in total. The Labute approximate surface area is 130 Å². The molecule has 0 saturated heterocycles. The number of rotatable bonds is 3. The Morgan fingerprint density at radius 1 is 1.38 bits per heavy atom. The monoisotopic (exact) mass is 306 g/mol. The summed E-state index contributed by atoms with van der Waals surface area (Å²) >= 11 is 0. The van der Waals surface area contributed by atoms with Crippen LogP contribution in [0.4, 0.5) is 0 Å². The molecule has 0 aromatic heterocycles. The van der Waals surface area contributed by atoms with Crippen molar-refractivity contribution in [3.63, 3.8) is 0 Å². The molecule has 3 heteroatoms. The Morgan fingerprint density at radius 3 is 2.29 bits per heavy atom. The van der Waals surface area contributed by atoms with Crippen LogP contribution in [0.15, 0.2) is 24.0 Å². The van der Waals surface area contributed by atoms with Gasteiger partial charge in [-0.3, -0.25) is 4.79 Å². The summed E-state index contributed by atoms with van der Waals surface area (Å²) in [5, 5.41) is 0.166. The van der Waals surface area contributed by atoms with Crippen molar-refractivity contribution in [1.82, 2.24) is 0 Å². The first-order valence-corrected chi connectivity index (χ1v) is 10.8. The van der Waals surface area contributed by atoms with E-state index in [-0.39, 0.29) is 16.4 Å². The first-order chi connectivity index (χ1) is 9.35. The number of ketones is 1. The molecule has 2 aliphatic carbocycles. The standard InChI is InChI=1S/C18H30O2Si/c1-10-18-12(2)14(20-21(8,9)16(4,5)6)11-17(18,7)13(3)15(18)19/h10,13H,1,11H2,2-9H3/t13-,17+,18-/m1/s1. The molecule has 1 fully saturated rings. The fourth-order valence-corrected chi connectivity index (χ4v) is 4.98. The third-order valence-corrected chi connectivity index (χ3v) is 11.0. The second kappa shape index (κ2) is 4.34. The van der Waals surface area contributed by atoms with Crippen LogP contribution in [0.3, 0.4) is 0 Å². The fourth-order valence-electron chi connectivity index (χ4n) is 3.83. The molecule has 21 heavy (non-hydrogen) atoms. The van der Waals surface area contributed by atoms with Crippen LogP contribution in [0, 0.1) is 16.7 Å². The molecule has 0 unspecified atom stereocenters. The van der Waals surface area contributed by atoms with Crippen LogP contribution >= 0.6 is 0 Å². The first-order valence-electron chi connectivity index (χ1n) is 7.92. The summed E-state index contributed by atoms with van der Waals surface area (Å²) in [7, 11) is -1.87. The maximum atomic E-state index is 12.6. The van der Waals surface area contributed by atoms with Crippen LogP contribution in [0.25, 0.3) is 0 Å². The average molecular weight is 307 g/mol. The Balaban J connectivity index is 2.43. The number of Topliss-reactive ketones (excluding diaryl/α,β-unsaturated/α-hetero) is 1. The minimum atomic E-state index is -1.87. The van der Waals surface area contributed by atoms with Crippen LogP contribution in [0.2, 0.25) is 18.1 Å². The molecular formula is C18H30O2Si. The quantitative estimate of drug-likeness (QED) is 0.536. The van der Waals surface area contributed by atoms with Gasteiger partial charge in [0.2, 0.25) is 8.32 Å². The lowest BCUT2D eigenvalue weighted by Crippen LogP contribution is -2.61. The first kappa shape index (κ1) is 16.5. The highest BCUT2D eigenvalue weighted by Crippen LogP contribution is 2.69.